The molecule has 4 rings (SSSR count). The Labute approximate surface area is 213 Å². The van der Waals surface area contributed by atoms with E-state index in [-0.39, 0.29) is 41.5 Å². The Morgan fingerprint density at radius 3 is 2.42 bits per heavy atom. The summed E-state index contributed by atoms with van der Waals surface area (Å²) in [6.45, 7) is 6.83. The molecule has 3 aromatic rings. The summed E-state index contributed by atoms with van der Waals surface area (Å²) in [5.41, 5.74) is 3.59. The summed E-state index contributed by atoms with van der Waals surface area (Å²) >= 11 is 0. The number of nitrogens with zero attached hydrogens (tertiary/aromatic N) is 2. The number of aryl methyl sites for hydroxylation is 2. The summed E-state index contributed by atoms with van der Waals surface area (Å²) in [4.78, 5) is 12.8. The van der Waals surface area contributed by atoms with Crippen LogP contribution in [0.15, 0.2) is 64.0 Å². The molecule has 2 aromatic carbocycles. The van der Waals surface area contributed by atoms with E-state index in [0.29, 0.717) is 25.1 Å². The van der Waals surface area contributed by atoms with Crippen molar-refractivity contribution in [3.63, 3.8) is 0 Å². The summed E-state index contributed by atoms with van der Waals surface area (Å²) in [6, 6.07) is 18.0. The van der Waals surface area contributed by atoms with Crippen molar-refractivity contribution in [1.82, 2.24) is 14.8 Å². The predicted octanol–water partition coefficient (Wildman–Crippen LogP) is 4.78. The first kappa shape index (κ1) is 25.9. The molecule has 0 aliphatic carbocycles. The van der Waals surface area contributed by atoms with E-state index in [1.54, 1.807) is 13.0 Å². The molecule has 0 bridgehead atoms. The average molecular weight is 508 g/mol. The van der Waals surface area contributed by atoms with E-state index in [1.807, 2.05) is 55.5 Å². The summed E-state index contributed by atoms with van der Waals surface area (Å²) in [5, 5.41) is 6.96. The fourth-order valence-electron chi connectivity index (χ4n) is 4.43. The van der Waals surface area contributed by atoms with Crippen LogP contribution in [-0.4, -0.2) is 43.4 Å². The second-order valence-corrected chi connectivity index (χ2v) is 11.3. The SMILES string of the molecule is Cc1ccc(/C=C/c2onc(C)c2S(=O)(=O)N2CCC(C(=O)NCC(C)c3ccccc3)CC2)cc1. The number of benzene rings is 2. The van der Waals surface area contributed by atoms with Crippen LogP contribution >= 0.6 is 0 Å². The third-order valence-electron chi connectivity index (χ3n) is 6.71. The van der Waals surface area contributed by atoms with Crippen LogP contribution in [0.3, 0.4) is 0 Å². The molecule has 1 atom stereocenters. The van der Waals surface area contributed by atoms with Crippen LogP contribution in [0, 0.1) is 19.8 Å². The van der Waals surface area contributed by atoms with Crippen LogP contribution in [0.5, 0.6) is 0 Å². The molecular formula is C28H33N3O4S. The Hall–Kier alpha value is -3.23. The summed E-state index contributed by atoms with van der Waals surface area (Å²) < 4.78 is 33.8. The Morgan fingerprint density at radius 2 is 1.75 bits per heavy atom. The molecular weight excluding hydrogens is 474 g/mol. The summed E-state index contributed by atoms with van der Waals surface area (Å²) in [7, 11) is -3.81. The molecule has 1 amide bonds. The van der Waals surface area contributed by atoms with Crippen LogP contribution in [0.25, 0.3) is 12.2 Å². The van der Waals surface area contributed by atoms with E-state index < -0.39 is 10.0 Å². The van der Waals surface area contributed by atoms with Gasteiger partial charge in [-0.05, 0) is 49.8 Å². The highest BCUT2D eigenvalue weighted by Gasteiger charge is 2.35. The van der Waals surface area contributed by atoms with Gasteiger partial charge in [0.25, 0.3) is 0 Å². The van der Waals surface area contributed by atoms with Gasteiger partial charge in [-0.15, -0.1) is 0 Å². The molecule has 1 aliphatic heterocycles. The maximum Gasteiger partial charge on any atom is 0.248 e. The molecule has 190 valence electrons. The van der Waals surface area contributed by atoms with Gasteiger partial charge in [-0.3, -0.25) is 4.79 Å². The first-order chi connectivity index (χ1) is 17.3. The van der Waals surface area contributed by atoms with Gasteiger partial charge in [-0.2, -0.15) is 4.31 Å². The van der Waals surface area contributed by atoms with E-state index >= 15 is 0 Å². The van der Waals surface area contributed by atoms with Crippen molar-refractivity contribution in [3.8, 4) is 0 Å². The molecule has 1 aliphatic rings. The summed E-state index contributed by atoms with van der Waals surface area (Å²) in [5.74, 6) is 0.197. The van der Waals surface area contributed by atoms with Crippen molar-refractivity contribution in [2.75, 3.05) is 19.6 Å². The van der Waals surface area contributed by atoms with Gasteiger partial charge in [0, 0.05) is 25.6 Å². The minimum absolute atomic E-state index is 0.0160. The quantitative estimate of drug-likeness (QED) is 0.474. The number of hydrogen-bond acceptors (Lipinski definition) is 5. The van der Waals surface area contributed by atoms with Gasteiger partial charge < -0.3 is 9.84 Å². The van der Waals surface area contributed by atoms with Gasteiger partial charge in [0.1, 0.15) is 5.69 Å². The van der Waals surface area contributed by atoms with E-state index in [2.05, 4.69) is 29.5 Å². The number of carbonyl (C=O) groups excluding carboxylic acids is 1. The molecule has 1 aromatic heterocycles. The molecule has 1 fully saturated rings. The van der Waals surface area contributed by atoms with E-state index in [9.17, 15) is 13.2 Å². The number of aromatic nitrogens is 1. The number of rotatable bonds is 8. The monoisotopic (exact) mass is 507 g/mol. The highest BCUT2D eigenvalue weighted by atomic mass is 32.2. The normalized spacial score (nSPS) is 16.3. The third kappa shape index (κ3) is 5.94. The second-order valence-electron chi connectivity index (χ2n) is 9.44. The van der Waals surface area contributed by atoms with Crippen molar-refractivity contribution < 1.29 is 17.7 Å². The topological polar surface area (TPSA) is 92.5 Å². The molecule has 2 heterocycles. The van der Waals surface area contributed by atoms with Gasteiger partial charge in [-0.25, -0.2) is 8.42 Å². The highest BCUT2D eigenvalue weighted by Crippen LogP contribution is 2.29. The second kappa shape index (κ2) is 11.2. The van der Waals surface area contributed by atoms with Gasteiger partial charge >= 0.3 is 0 Å². The number of sulfonamides is 1. The Bertz CT molecular complexity index is 1310. The molecule has 0 saturated carbocycles. The molecule has 7 nitrogen and oxygen atoms in total. The van der Waals surface area contributed by atoms with Crippen molar-refractivity contribution >= 4 is 28.1 Å². The fourth-order valence-corrected chi connectivity index (χ4v) is 6.15. The lowest BCUT2D eigenvalue weighted by Crippen LogP contribution is -2.43. The lowest BCUT2D eigenvalue weighted by atomic mass is 9.96. The lowest BCUT2D eigenvalue weighted by molar-refractivity contribution is -0.126. The zero-order chi connectivity index (χ0) is 25.7. The number of amides is 1. The zero-order valence-electron chi connectivity index (χ0n) is 21.0. The van der Waals surface area contributed by atoms with Crippen LogP contribution in [0.2, 0.25) is 0 Å². The van der Waals surface area contributed by atoms with E-state index in [0.717, 1.165) is 11.1 Å². The number of hydrogen-bond donors (Lipinski definition) is 1. The van der Waals surface area contributed by atoms with E-state index in [4.69, 9.17) is 4.52 Å². The van der Waals surface area contributed by atoms with Gasteiger partial charge in [-0.1, -0.05) is 78.3 Å². The van der Waals surface area contributed by atoms with Crippen molar-refractivity contribution in [2.24, 2.45) is 5.92 Å². The van der Waals surface area contributed by atoms with Crippen LogP contribution in [0.4, 0.5) is 0 Å². The van der Waals surface area contributed by atoms with Gasteiger partial charge in [0.05, 0.1) is 0 Å². The Kier molecular flexibility index (Phi) is 8.06. The molecule has 8 heteroatoms. The van der Waals surface area contributed by atoms with Crippen molar-refractivity contribution in [3.05, 3.63) is 82.7 Å². The largest absolute Gasteiger partial charge is 0.355 e. The molecule has 1 N–H and O–H groups in total. The molecule has 36 heavy (non-hydrogen) atoms. The number of nitrogens with one attached hydrogen (secondary N) is 1. The maximum absolute atomic E-state index is 13.5. The first-order valence-electron chi connectivity index (χ1n) is 12.3. The molecule has 0 spiro atoms. The molecule has 1 unspecified atom stereocenters. The summed E-state index contributed by atoms with van der Waals surface area (Å²) in [6.07, 6.45) is 4.41. The number of piperidine rings is 1. The zero-order valence-corrected chi connectivity index (χ0v) is 21.8. The van der Waals surface area contributed by atoms with Crippen molar-refractivity contribution in [1.29, 1.82) is 0 Å². The standard InChI is InChI=1S/C28H33N3O4S/c1-20-9-11-23(12-10-20)13-14-26-27(22(3)30-35-26)36(33,34)31-17-15-25(16-18-31)28(32)29-19-21(2)24-7-5-4-6-8-24/h4-14,21,25H,15-19H2,1-3H3,(H,29,32)/b14-13+. The van der Waals surface area contributed by atoms with Crippen molar-refractivity contribution in [2.45, 2.75) is 44.4 Å². The first-order valence-corrected chi connectivity index (χ1v) is 13.7. The minimum atomic E-state index is -3.81. The Morgan fingerprint density at radius 1 is 1.08 bits per heavy atom. The highest BCUT2D eigenvalue weighted by molar-refractivity contribution is 7.89. The van der Waals surface area contributed by atoms with Crippen LogP contribution < -0.4 is 5.32 Å². The van der Waals surface area contributed by atoms with Gasteiger partial charge in [0.2, 0.25) is 15.9 Å². The lowest BCUT2D eigenvalue weighted by Gasteiger charge is -2.30. The number of carbonyl (C=O) groups is 1. The Balaban J connectivity index is 1.37. The average Bonchev–Trinajstić information content (AvgIpc) is 3.28. The van der Waals surface area contributed by atoms with Gasteiger partial charge in [0.15, 0.2) is 10.7 Å². The predicted molar refractivity (Wildman–Crippen MR) is 141 cm³/mol. The molecule has 0 radical (unpaired) electrons. The maximum atomic E-state index is 13.5. The van der Waals surface area contributed by atoms with Crippen LogP contribution in [-0.2, 0) is 14.8 Å². The smallest absolute Gasteiger partial charge is 0.248 e. The van der Waals surface area contributed by atoms with Crippen LogP contribution in [0.1, 0.15) is 53.8 Å². The van der Waals surface area contributed by atoms with E-state index in [1.165, 1.54) is 9.87 Å². The third-order valence-corrected chi connectivity index (χ3v) is 8.77. The molecule has 1 saturated heterocycles. The fraction of sp³-hybridized carbons (Fsp3) is 0.357. The minimum Gasteiger partial charge on any atom is -0.355 e.